The van der Waals surface area contributed by atoms with Crippen molar-refractivity contribution < 1.29 is 0 Å². The molecule has 3 nitrogen and oxygen atoms in total. The highest BCUT2D eigenvalue weighted by molar-refractivity contribution is 5.85. The molecule has 102 valence electrons. The van der Waals surface area contributed by atoms with E-state index in [1.54, 1.807) is 0 Å². The second kappa shape index (κ2) is 6.78. The molecule has 20 heavy (non-hydrogen) atoms. The van der Waals surface area contributed by atoms with Crippen molar-refractivity contribution in [1.29, 1.82) is 0 Å². The molecule has 0 aliphatic carbocycles. The molecule has 0 amide bonds. The van der Waals surface area contributed by atoms with Crippen LogP contribution in [0.2, 0.25) is 0 Å². The molecule has 0 fully saturated rings. The average Bonchev–Trinajstić information content (AvgIpc) is 3.01. The van der Waals surface area contributed by atoms with Gasteiger partial charge in [0.1, 0.15) is 0 Å². The SMILES string of the molecule is Cl.c1ccc(CN(c2ccncc2)n2cccc2)cc1. The van der Waals surface area contributed by atoms with E-state index in [1.165, 1.54) is 5.56 Å². The summed E-state index contributed by atoms with van der Waals surface area (Å²) in [5.74, 6) is 0. The predicted octanol–water partition coefficient (Wildman–Crippen LogP) is 3.77. The summed E-state index contributed by atoms with van der Waals surface area (Å²) >= 11 is 0. The van der Waals surface area contributed by atoms with Gasteiger partial charge in [-0.2, -0.15) is 0 Å². The lowest BCUT2D eigenvalue weighted by atomic mass is 10.2. The van der Waals surface area contributed by atoms with Crippen LogP contribution >= 0.6 is 12.4 Å². The normalized spacial score (nSPS) is 9.80. The molecule has 0 saturated heterocycles. The summed E-state index contributed by atoms with van der Waals surface area (Å²) < 4.78 is 2.09. The summed E-state index contributed by atoms with van der Waals surface area (Å²) in [6.45, 7) is 0.819. The molecule has 0 N–H and O–H groups in total. The average molecular weight is 286 g/mol. The molecule has 0 radical (unpaired) electrons. The number of aromatic nitrogens is 2. The second-order valence-corrected chi connectivity index (χ2v) is 4.31. The quantitative estimate of drug-likeness (QED) is 0.727. The maximum atomic E-state index is 4.08. The molecule has 0 atom stereocenters. The lowest BCUT2D eigenvalue weighted by Gasteiger charge is -2.26. The maximum Gasteiger partial charge on any atom is 0.0650 e. The van der Waals surface area contributed by atoms with Gasteiger partial charge in [-0.25, -0.2) is 0 Å². The molecular weight excluding hydrogens is 270 g/mol. The van der Waals surface area contributed by atoms with Crippen LogP contribution in [0.25, 0.3) is 0 Å². The molecule has 3 aromatic rings. The van der Waals surface area contributed by atoms with Crippen LogP contribution in [-0.4, -0.2) is 9.66 Å². The molecule has 1 aromatic carbocycles. The summed E-state index contributed by atoms with van der Waals surface area (Å²) in [5.41, 5.74) is 2.39. The van der Waals surface area contributed by atoms with Gasteiger partial charge >= 0.3 is 0 Å². The van der Waals surface area contributed by atoms with Gasteiger partial charge in [0.25, 0.3) is 0 Å². The van der Waals surface area contributed by atoms with Crippen molar-refractivity contribution in [2.75, 3.05) is 5.01 Å². The van der Waals surface area contributed by atoms with Crippen molar-refractivity contribution in [3.05, 3.63) is 84.9 Å². The number of hydrogen-bond donors (Lipinski definition) is 0. The number of halogens is 1. The summed E-state index contributed by atoms with van der Waals surface area (Å²) in [7, 11) is 0. The summed E-state index contributed by atoms with van der Waals surface area (Å²) in [6, 6.07) is 18.5. The van der Waals surface area contributed by atoms with Gasteiger partial charge in [0.15, 0.2) is 0 Å². The van der Waals surface area contributed by atoms with E-state index in [0.29, 0.717) is 0 Å². The van der Waals surface area contributed by atoms with Crippen LogP contribution in [0.1, 0.15) is 5.56 Å². The molecule has 0 unspecified atom stereocenters. The molecule has 0 aliphatic heterocycles. The van der Waals surface area contributed by atoms with Gasteiger partial charge in [0.05, 0.1) is 12.2 Å². The summed E-state index contributed by atoms with van der Waals surface area (Å²) in [6.07, 6.45) is 7.72. The highest BCUT2D eigenvalue weighted by Gasteiger charge is 2.08. The largest absolute Gasteiger partial charge is 0.277 e. The van der Waals surface area contributed by atoms with E-state index >= 15 is 0 Å². The van der Waals surface area contributed by atoms with Crippen LogP contribution in [0.3, 0.4) is 0 Å². The number of benzene rings is 1. The first-order chi connectivity index (χ1) is 9.43. The van der Waals surface area contributed by atoms with Gasteiger partial charge in [-0.15, -0.1) is 12.4 Å². The van der Waals surface area contributed by atoms with Gasteiger partial charge in [0, 0.05) is 24.8 Å². The zero-order chi connectivity index (χ0) is 12.9. The Morgan fingerprint density at radius 2 is 1.50 bits per heavy atom. The fourth-order valence-corrected chi connectivity index (χ4v) is 2.07. The van der Waals surface area contributed by atoms with Crippen molar-refractivity contribution in [2.45, 2.75) is 6.54 Å². The molecule has 4 heteroatoms. The minimum absolute atomic E-state index is 0. The van der Waals surface area contributed by atoms with E-state index in [-0.39, 0.29) is 12.4 Å². The Morgan fingerprint density at radius 1 is 0.850 bits per heavy atom. The standard InChI is InChI=1S/C16H15N3.ClH/c1-2-6-15(7-3-1)14-19(18-12-4-5-13-18)16-8-10-17-11-9-16;/h1-13H,14H2;1H. The fraction of sp³-hybridized carbons (Fsp3) is 0.0625. The zero-order valence-corrected chi connectivity index (χ0v) is 11.8. The molecule has 0 saturated carbocycles. The molecular formula is C16H16ClN3. The Balaban J connectivity index is 0.00000147. The zero-order valence-electron chi connectivity index (χ0n) is 11.0. The molecule has 3 rings (SSSR count). The smallest absolute Gasteiger partial charge is 0.0650 e. The van der Waals surface area contributed by atoms with E-state index in [9.17, 15) is 0 Å². The van der Waals surface area contributed by atoms with Crippen molar-refractivity contribution in [3.8, 4) is 0 Å². The van der Waals surface area contributed by atoms with E-state index in [0.717, 1.165) is 12.2 Å². The third kappa shape index (κ3) is 3.19. The predicted molar refractivity (Wildman–Crippen MR) is 83.9 cm³/mol. The summed E-state index contributed by atoms with van der Waals surface area (Å²) in [4.78, 5) is 4.08. The van der Waals surface area contributed by atoms with E-state index < -0.39 is 0 Å². The molecule has 2 heterocycles. The Kier molecular flexibility index (Phi) is 4.80. The maximum absolute atomic E-state index is 4.08. The van der Waals surface area contributed by atoms with E-state index in [4.69, 9.17) is 0 Å². The van der Waals surface area contributed by atoms with Gasteiger partial charge in [0.2, 0.25) is 0 Å². The first-order valence-corrected chi connectivity index (χ1v) is 6.28. The topological polar surface area (TPSA) is 21.1 Å². The number of nitrogens with zero attached hydrogens (tertiary/aromatic N) is 3. The third-order valence-electron chi connectivity index (χ3n) is 3.00. The van der Waals surface area contributed by atoms with Crippen molar-refractivity contribution in [2.24, 2.45) is 0 Å². The fourth-order valence-electron chi connectivity index (χ4n) is 2.07. The van der Waals surface area contributed by atoms with E-state index in [1.807, 2.05) is 55.1 Å². The Labute approximate surface area is 124 Å². The first-order valence-electron chi connectivity index (χ1n) is 6.28. The van der Waals surface area contributed by atoms with Gasteiger partial charge < -0.3 is 0 Å². The van der Waals surface area contributed by atoms with Crippen molar-refractivity contribution >= 4 is 18.1 Å². The number of rotatable bonds is 4. The van der Waals surface area contributed by atoms with Gasteiger partial charge in [-0.3, -0.25) is 14.7 Å². The Bertz CT molecular complexity index is 609. The number of pyridine rings is 1. The Hall–Kier alpha value is -2.26. The Morgan fingerprint density at radius 3 is 2.15 bits per heavy atom. The summed E-state index contributed by atoms with van der Waals surface area (Å²) in [5, 5.41) is 2.21. The van der Waals surface area contributed by atoms with Crippen LogP contribution in [0.4, 0.5) is 5.69 Å². The first kappa shape index (κ1) is 14.2. The molecule has 0 bridgehead atoms. The lowest BCUT2D eigenvalue weighted by Crippen LogP contribution is -2.27. The molecule has 0 aliphatic rings. The van der Waals surface area contributed by atoms with Crippen LogP contribution in [0.5, 0.6) is 0 Å². The molecule has 0 spiro atoms. The minimum Gasteiger partial charge on any atom is -0.277 e. The number of hydrogen-bond acceptors (Lipinski definition) is 2. The van der Waals surface area contributed by atoms with Crippen LogP contribution in [-0.2, 0) is 6.54 Å². The second-order valence-electron chi connectivity index (χ2n) is 4.31. The van der Waals surface area contributed by atoms with Crippen molar-refractivity contribution in [3.63, 3.8) is 0 Å². The highest BCUT2D eigenvalue weighted by Crippen LogP contribution is 2.17. The highest BCUT2D eigenvalue weighted by atomic mass is 35.5. The van der Waals surface area contributed by atoms with Gasteiger partial charge in [-0.05, 0) is 29.8 Å². The number of anilines is 1. The van der Waals surface area contributed by atoms with Gasteiger partial charge in [-0.1, -0.05) is 30.3 Å². The minimum atomic E-state index is 0. The van der Waals surface area contributed by atoms with E-state index in [2.05, 4.69) is 38.9 Å². The van der Waals surface area contributed by atoms with Crippen LogP contribution in [0.15, 0.2) is 79.4 Å². The molecule has 2 aromatic heterocycles. The van der Waals surface area contributed by atoms with Crippen molar-refractivity contribution in [1.82, 2.24) is 9.66 Å². The lowest BCUT2D eigenvalue weighted by molar-refractivity contribution is 0.692. The van der Waals surface area contributed by atoms with Crippen LogP contribution in [0, 0.1) is 0 Å². The van der Waals surface area contributed by atoms with Crippen LogP contribution < -0.4 is 5.01 Å². The third-order valence-corrected chi connectivity index (χ3v) is 3.00. The monoisotopic (exact) mass is 285 g/mol.